The van der Waals surface area contributed by atoms with Crippen LogP contribution in [0, 0.1) is 0 Å². The Morgan fingerprint density at radius 3 is 2.83 bits per heavy atom. The highest BCUT2D eigenvalue weighted by atomic mass is 79.9. The van der Waals surface area contributed by atoms with Gasteiger partial charge in [-0.2, -0.15) is 0 Å². The van der Waals surface area contributed by atoms with Gasteiger partial charge in [0, 0.05) is 16.9 Å². The van der Waals surface area contributed by atoms with E-state index < -0.39 is 5.97 Å². The van der Waals surface area contributed by atoms with Crippen molar-refractivity contribution in [3.05, 3.63) is 28.2 Å². The molecule has 0 aliphatic carbocycles. The van der Waals surface area contributed by atoms with Crippen molar-refractivity contribution in [3.8, 4) is 5.75 Å². The van der Waals surface area contributed by atoms with Crippen molar-refractivity contribution in [2.45, 2.75) is 25.3 Å². The van der Waals surface area contributed by atoms with Gasteiger partial charge in [-0.25, -0.2) is 0 Å². The Morgan fingerprint density at radius 2 is 2.22 bits per heavy atom. The van der Waals surface area contributed by atoms with Gasteiger partial charge in [0.25, 0.3) is 0 Å². The number of carbonyl (C=O) groups excluding carboxylic acids is 1. The molecule has 1 aromatic carbocycles. The molecule has 1 unspecified atom stereocenters. The summed E-state index contributed by atoms with van der Waals surface area (Å²) in [5.41, 5.74) is 0.661. The molecule has 1 aromatic rings. The van der Waals surface area contributed by atoms with E-state index in [1.807, 2.05) is 0 Å². The molecule has 0 saturated heterocycles. The van der Waals surface area contributed by atoms with E-state index in [4.69, 9.17) is 5.11 Å². The van der Waals surface area contributed by atoms with Crippen molar-refractivity contribution in [1.29, 1.82) is 0 Å². The van der Waals surface area contributed by atoms with Gasteiger partial charge in [0.05, 0.1) is 0 Å². The zero-order valence-electron chi connectivity index (χ0n) is 9.60. The van der Waals surface area contributed by atoms with Crippen LogP contribution in [0.15, 0.2) is 22.7 Å². The number of carboxylic acids is 1. The molecular weight excluding hydrogens is 302 g/mol. The number of rotatable bonds is 7. The second-order valence-electron chi connectivity index (χ2n) is 3.89. The number of carboxylic acid groups (broad SMARTS) is 1. The molecule has 0 bridgehead atoms. The van der Waals surface area contributed by atoms with Crippen LogP contribution in [-0.2, 0) is 16.0 Å². The van der Waals surface area contributed by atoms with Crippen molar-refractivity contribution in [3.63, 3.8) is 0 Å². The monoisotopic (exact) mass is 315 g/mol. The number of hydrogen-bond donors (Lipinski definition) is 3. The van der Waals surface area contributed by atoms with Gasteiger partial charge in [-0.1, -0.05) is 15.9 Å². The highest BCUT2D eigenvalue weighted by molar-refractivity contribution is 9.10. The number of nitrogens with one attached hydrogen (secondary N) is 1. The summed E-state index contributed by atoms with van der Waals surface area (Å²) in [5.74, 6) is -0.780. The quantitative estimate of drug-likeness (QED) is 0.668. The van der Waals surface area contributed by atoms with Crippen LogP contribution in [-0.4, -0.2) is 28.6 Å². The first-order valence-corrected chi connectivity index (χ1v) is 6.21. The zero-order valence-corrected chi connectivity index (χ0v) is 11.2. The van der Waals surface area contributed by atoms with Crippen LogP contribution in [0.25, 0.3) is 0 Å². The summed E-state index contributed by atoms with van der Waals surface area (Å²) in [6.07, 6.45) is 1.22. The second kappa shape index (κ2) is 7.00. The zero-order chi connectivity index (χ0) is 13.5. The van der Waals surface area contributed by atoms with E-state index in [-0.39, 0.29) is 18.2 Å². The third-order valence-corrected chi connectivity index (χ3v) is 3.01. The van der Waals surface area contributed by atoms with Crippen molar-refractivity contribution in [2.24, 2.45) is 0 Å². The van der Waals surface area contributed by atoms with Gasteiger partial charge in [-0.3, -0.25) is 9.59 Å². The maximum absolute atomic E-state index is 10.5. The fourth-order valence-corrected chi connectivity index (χ4v) is 2.03. The topological polar surface area (TPSA) is 86.6 Å². The molecule has 18 heavy (non-hydrogen) atoms. The number of halogens is 1. The van der Waals surface area contributed by atoms with Gasteiger partial charge >= 0.3 is 5.97 Å². The molecule has 0 fully saturated rings. The smallest absolute Gasteiger partial charge is 0.303 e. The van der Waals surface area contributed by atoms with Crippen LogP contribution in [0.1, 0.15) is 18.4 Å². The largest absolute Gasteiger partial charge is 0.508 e. The maximum Gasteiger partial charge on any atom is 0.303 e. The Bertz CT molecular complexity index is 436. The molecule has 1 rings (SSSR count). The highest BCUT2D eigenvalue weighted by Gasteiger charge is 2.13. The molecule has 0 heterocycles. The van der Waals surface area contributed by atoms with E-state index in [0.29, 0.717) is 24.8 Å². The van der Waals surface area contributed by atoms with Gasteiger partial charge < -0.3 is 15.5 Å². The average Bonchev–Trinajstić information content (AvgIpc) is 2.31. The Kier molecular flexibility index (Phi) is 5.64. The predicted molar refractivity (Wildman–Crippen MR) is 69.4 cm³/mol. The van der Waals surface area contributed by atoms with E-state index in [2.05, 4.69) is 21.2 Å². The van der Waals surface area contributed by atoms with Gasteiger partial charge in [0.2, 0.25) is 6.41 Å². The SMILES string of the molecule is O=CNC(CCC(=O)O)Cc1cc(Br)ccc1O. The number of phenolic OH excluding ortho intramolecular Hbond substituents is 1. The fourth-order valence-electron chi connectivity index (χ4n) is 1.62. The van der Waals surface area contributed by atoms with Crippen molar-refractivity contribution < 1.29 is 19.8 Å². The van der Waals surface area contributed by atoms with Crippen molar-refractivity contribution in [1.82, 2.24) is 5.32 Å². The molecular formula is C12H14BrNO4. The minimum absolute atomic E-state index is 0.0275. The first-order valence-electron chi connectivity index (χ1n) is 5.42. The third kappa shape index (κ3) is 4.75. The van der Waals surface area contributed by atoms with E-state index in [1.165, 1.54) is 0 Å². The lowest BCUT2D eigenvalue weighted by atomic mass is 10.0. The van der Waals surface area contributed by atoms with E-state index >= 15 is 0 Å². The van der Waals surface area contributed by atoms with Crippen LogP contribution in [0.5, 0.6) is 5.75 Å². The van der Waals surface area contributed by atoms with Crippen LogP contribution < -0.4 is 5.32 Å². The molecule has 0 spiro atoms. The number of carbonyl (C=O) groups is 2. The normalized spacial score (nSPS) is 11.8. The number of phenols is 1. The molecule has 3 N–H and O–H groups in total. The molecule has 0 radical (unpaired) electrons. The Hall–Kier alpha value is -1.56. The minimum Gasteiger partial charge on any atom is -0.508 e. The van der Waals surface area contributed by atoms with E-state index in [9.17, 15) is 14.7 Å². The number of aromatic hydroxyl groups is 1. The Labute approximate surface area is 113 Å². The third-order valence-electron chi connectivity index (χ3n) is 2.52. The molecule has 1 atom stereocenters. The lowest BCUT2D eigenvalue weighted by Crippen LogP contribution is -2.30. The Morgan fingerprint density at radius 1 is 1.50 bits per heavy atom. The predicted octanol–water partition coefficient (Wildman–Crippen LogP) is 1.68. The van der Waals surface area contributed by atoms with Crippen LogP contribution >= 0.6 is 15.9 Å². The summed E-state index contributed by atoms with van der Waals surface area (Å²) in [7, 11) is 0. The molecule has 98 valence electrons. The van der Waals surface area contributed by atoms with Crippen molar-refractivity contribution in [2.75, 3.05) is 0 Å². The molecule has 5 nitrogen and oxygen atoms in total. The molecule has 0 aliphatic rings. The van der Waals surface area contributed by atoms with Gasteiger partial charge in [-0.05, 0) is 36.6 Å². The summed E-state index contributed by atoms with van der Waals surface area (Å²) in [4.78, 5) is 21.0. The lowest BCUT2D eigenvalue weighted by Gasteiger charge is -2.16. The highest BCUT2D eigenvalue weighted by Crippen LogP contribution is 2.23. The number of benzene rings is 1. The standard InChI is InChI=1S/C12H14BrNO4/c13-9-1-3-11(16)8(5-9)6-10(14-7-15)2-4-12(17)18/h1,3,5,7,10,16H,2,4,6H2,(H,14,15)(H,17,18). The molecule has 6 heteroatoms. The maximum atomic E-state index is 10.5. The van der Waals surface area contributed by atoms with Gasteiger partial charge in [-0.15, -0.1) is 0 Å². The van der Waals surface area contributed by atoms with Gasteiger partial charge in [0.1, 0.15) is 5.75 Å². The van der Waals surface area contributed by atoms with Crippen LogP contribution in [0.4, 0.5) is 0 Å². The summed E-state index contributed by atoms with van der Waals surface area (Å²) >= 11 is 3.29. The Balaban J connectivity index is 2.72. The van der Waals surface area contributed by atoms with Crippen LogP contribution in [0.2, 0.25) is 0 Å². The average molecular weight is 316 g/mol. The van der Waals surface area contributed by atoms with E-state index in [0.717, 1.165) is 4.47 Å². The summed E-state index contributed by atoms with van der Waals surface area (Å²) in [6.45, 7) is 0. The summed E-state index contributed by atoms with van der Waals surface area (Å²) in [5, 5.41) is 20.9. The van der Waals surface area contributed by atoms with Gasteiger partial charge in [0.15, 0.2) is 0 Å². The number of hydrogen-bond acceptors (Lipinski definition) is 3. The molecule has 0 saturated carbocycles. The minimum atomic E-state index is -0.911. The molecule has 0 aromatic heterocycles. The molecule has 0 aliphatic heterocycles. The van der Waals surface area contributed by atoms with Crippen LogP contribution in [0.3, 0.4) is 0 Å². The second-order valence-corrected chi connectivity index (χ2v) is 4.81. The molecule has 1 amide bonds. The summed E-state index contributed by atoms with van der Waals surface area (Å²) < 4.78 is 0.818. The lowest BCUT2D eigenvalue weighted by molar-refractivity contribution is -0.137. The number of amides is 1. The van der Waals surface area contributed by atoms with Crippen molar-refractivity contribution >= 4 is 28.3 Å². The first kappa shape index (κ1) is 14.5. The number of aliphatic carboxylic acids is 1. The fraction of sp³-hybridized carbons (Fsp3) is 0.333. The first-order chi connectivity index (χ1) is 8.52. The summed E-state index contributed by atoms with van der Waals surface area (Å²) in [6, 6.07) is 4.70. The van der Waals surface area contributed by atoms with E-state index in [1.54, 1.807) is 18.2 Å².